The highest BCUT2D eigenvalue weighted by Gasteiger charge is 2.37. The second-order valence-electron chi connectivity index (χ2n) is 7.60. The predicted molar refractivity (Wildman–Crippen MR) is 104 cm³/mol. The summed E-state index contributed by atoms with van der Waals surface area (Å²) >= 11 is 0. The molecule has 0 N–H and O–H groups in total. The molecule has 2 heterocycles. The van der Waals surface area contributed by atoms with E-state index in [1.165, 1.54) is 0 Å². The van der Waals surface area contributed by atoms with E-state index in [2.05, 4.69) is 0 Å². The third-order valence-electron chi connectivity index (χ3n) is 5.58. The summed E-state index contributed by atoms with van der Waals surface area (Å²) in [6.45, 7) is 4.96. The van der Waals surface area contributed by atoms with E-state index >= 15 is 0 Å². The summed E-state index contributed by atoms with van der Waals surface area (Å²) in [6, 6.07) is 5.63. The molecule has 0 radical (unpaired) electrons. The normalized spacial score (nSPS) is 19.3. The molecule has 6 nitrogen and oxygen atoms in total. The number of ketones is 1. The molecule has 1 saturated heterocycles. The van der Waals surface area contributed by atoms with E-state index in [-0.39, 0.29) is 36.0 Å². The van der Waals surface area contributed by atoms with Crippen LogP contribution in [0.15, 0.2) is 18.2 Å². The number of hydrogen-bond donors (Lipinski definition) is 0. The van der Waals surface area contributed by atoms with Crippen LogP contribution in [0.5, 0.6) is 5.75 Å². The minimum atomic E-state index is -0.348. The van der Waals surface area contributed by atoms with Gasteiger partial charge in [-0.1, -0.05) is 12.1 Å². The molecule has 2 unspecified atom stereocenters. The lowest BCUT2D eigenvalue weighted by Crippen LogP contribution is -2.33. The molecule has 2 aliphatic rings. The molecule has 1 fully saturated rings. The molecule has 0 saturated carbocycles. The van der Waals surface area contributed by atoms with Crippen molar-refractivity contribution in [2.45, 2.75) is 58.4 Å². The topological polar surface area (TPSA) is 72.9 Å². The van der Waals surface area contributed by atoms with Gasteiger partial charge in [-0.2, -0.15) is 0 Å². The van der Waals surface area contributed by atoms with Gasteiger partial charge in [0, 0.05) is 25.3 Å². The molecule has 2 aliphatic heterocycles. The summed E-state index contributed by atoms with van der Waals surface area (Å²) in [5, 5.41) is 0. The van der Waals surface area contributed by atoms with E-state index < -0.39 is 0 Å². The van der Waals surface area contributed by atoms with Crippen LogP contribution in [0.1, 0.15) is 63.1 Å². The summed E-state index contributed by atoms with van der Waals surface area (Å²) in [5.74, 6) is 0.687. The number of carbonyl (C=O) groups is 3. The molecule has 0 bridgehead atoms. The lowest BCUT2D eigenvalue weighted by Gasteiger charge is -2.28. The molecule has 1 aromatic rings. The Balaban J connectivity index is 1.76. The molecule has 1 aromatic carbocycles. The molecular formula is C22H29NO5. The number of nitrogens with zero attached hydrogens (tertiary/aromatic N) is 1. The van der Waals surface area contributed by atoms with Crippen LogP contribution in [0.4, 0.5) is 0 Å². The van der Waals surface area contributed by atoms with Gasteiger partial charge in [0.25, 0.3) is 0 Å². The second-order valence-corrected chi connectivity index (χ2v) is 7.60. The zero-order valence-corrected chi connectivity index (χ0v) is 16.7. The van der Waals surface area contributed by atoms with Gasteiger partial charge in [0.15, 0.2) is 0 Å². The largest absolute Gasteiger partial charge is 0.493 e. The van der Waals surface area contributed by atoms with Crippen LogP contribution in [0.2, 0.25) is 0 Å². The summed E-state index contributed by atoms with van der Waals surface area (Å²) in [6.07, 6.45) is 3.75. The van der Waals surface area contributed by atoms with Gasteiger partial charge in [0.05, 0.1) is 25.7 Å². The van der Waals surface area contributed by atoms with E-state index in [9.17, 15) is 14.4 Å². The number of ether oxygens (including phenoxy) is 2. The maximum Gasteiger partial charge on any atom is 0.308 e. The van der Waals surface area contributed by atoms with Crippen molar-refractivity contribution in [1.82, 2.24) is 4.90 Å². The number of fused-ring (bicyclic) bond motifs is 1. The first-order chi connectivity index (χ1) is 13.5. The summed E-state index contributed by atoms with van der Waals surface area (Å²) < 4.78 is 10.8. The third kappa shape index (κ3) is 4.72. The van der Waals surface area contributed by atoms with Crippen LogP contribution in [0.3, 0.4) is 0 Å². The number of likely N-dealkylation sites (tertiary alicyclic amines) is 1. The molecular weight excluding hydrogens is 358 g/mol. The number of esters is 1. The molecule has 28 heavy (non-hydrogen) atoms. The number of amides is 1. The quantitative estimate of drug-likeness (QED) is 0.608. The summed E-state index contributed by atoms with van der Waals surface area (Å²) in [7, 11) is 0. The van der Waals surface area contributed by atoms with Crippen molar-refractivity contribution in [3.8, 4) is 5.75 Å². The van der Waals surface area contributed by atoms with Gasteiger partial charge in [0.2, 0.25) is 5.91 Å². The maximum atomic E-state index is 13.0. The smallest absolute Gasteiger partial charge is 0.308 e. The Bertz CT molecular complexity index is 744. The van der Waals surface area contributed by atoms with Crippen molar-refractivity contribution in [3.63, 3.8) is 0 Å². The maximum absolute atomic E-state index is 13.0. The highest BCUT2D eigenvalue weighted by Crippen LogP contribution is 2.36. The van der Waals surface area contributed by atoms with E-state index in [1.54, 1.807) is 13.8 Å². The average Bonchev–Trinajstić information content (AvgIpc) is 3.26. The molecule has 6 heteroatoms. The summed E-state index contributed by atoms with van der Waals surface area (Å²) in [5.41, 5.74) is 2.07. The van der Waals surface area contributed by atoms with Crippen LogP contribution in [-0.4, -0.2) is 42.3 Å². The Morgan fingerprint density at radius 1 is 1.36 bits per heavy atom. The highest BCUT2D eigenvalue weighted by molar-refractivity contribution is 5.82. The van der Waals surface area contributed by atoms with Gasteiger partial charge in [0.1, 0.15) is 11.5 Å². The minimum absolute atomic E-state index is 0.0688. The van der Waals surface area contributed by atoms with E-state index in [1.807, 2.05) is 23.1 Å². The van der Waals surface area contributed by atoms with E-state index in [4.69, 9.17) is 9.47 Å². The first-order valence-electron chi connectivity index (χ1n) is 10.2. The number of hydrogen-bond acceptors (Lipinski definition) is 5. The fourth-order valence-corrected chi connectivity index (χ4v) is 4.11. The number of Topliss-reactive ketones (excluding diaryl/α,β-unsaturated/α-hetero) is 1. The zero-order valence-electron chi connectivity index (χ0n) is 16.7. The first-order valence-corrected chi connectivity index (χ1v) is 10.2. The van der Waals surface area contributed by atoms with Gasteiger partial charge in [-0.15, -0.1) is 0 Å². The number of carbonyl (C=O) groups excluding carboxylic acids is 3. The molecule has 3 rings (SSSR count). The Kier molecular flexibility index (Phi) is 6.70. The predicted octanol–water partition coefficient (Wildman–Crippen LogP) is 3.22. The van der Waals surface area contributed by atoms with Gasteiger partial charge in [-0.3, -0.25) is 9.59 Å². The Labute approximate surface area is 166 Å². The van der Waals surface area contributed by atoms with E-state index in [0.717, 1.165) is 36.1 Å². The molecule has 1 amide bonds. The standard InChI is InChI=1S/C22H29NO5/c1-3-27-21(25)14-19(18-8-7-16-10-12-28-20(16)13-18)23-11-9-17(22(23)26)6-4-5-15(2)24/h7-8,13,17,19H,3-6,9-12,14H2,1-2H3. The van der Waals surface area contributed by atoms with Crippen LogP contribution < -0.4 is 4.74 Å². The van der Waals surface area contributed by atoms with Crippen molar-refractivity contribution in [1.29, 1.82) is 0 Å². The van der Waals surface area contributed by atoms with Crippen molar-refractivity contribution in [2.75, 3.05) is 19.8 Å². The Morgan fingerprint density at radius 2 is 2.18 bits per heavy atom. The third-order valence-corrected chi connectivity index (χ3v) is 5.58. The van der Waals surface area contributed by atoms with Crippen LogP contribution in [0.25, 0.3) is 0 Å². The average molecular weight is 387 g/mol. The Hall–Kier alpha value is -2.37. The van der Waals surface area contributed by atoms with Crippen molar-refractivity contribution >= 4 is 17.7 Å². The number of rotatable bonds is 9. The van der Waals surface area contributed by atoms with Gasteiger partial charge in [-0.05, 0) is 50.3 Å². The molecule has 152 valence electrons. The van der Waals surface area contributed by atoms with Crippen molar-refractivity contribution < 1.29 is 23.9 Å². The fourth-order valence-electron chi connectivity index (χ4n) is 4.11. The number of benzene rings is 1. The SMILES string of the molecule is CCOC(=O)CC(c1ccc2c(c1)OCC2)N1CCC(CCCC(C)=O)C1=O. The van der Waals surface area contributed by atoms with Crippen LogP contribution >= 0.6 is 0 Å². The lowest BCUT2D eigenvalue weighted by atomic mass is 9.98. The molecule has 0 spiro atoms. The van der Waals surface area contributed by atoms with E-state index in [0.29, 0.717) is 32.6 Å². The van der Waals surface area contributed by atoms with Crippen LogP contribution in [-0.2, 0) is 25.5 Å². The lowest BCUT2D eigenvalue weighted by molar-refractivity contribution is -0.145. The van der Waals surface area contributed by atoms with Gasteiger partial charge in [-0.25, -0.2) is 0 Å². The Morgan fingerprint density at radius 3 is 2.93 bits per heavy atom. The molecule has 2 atom stereocenters. The fraction of sp³-hybridized carbons (Fsp3) is 0.591. The van der Waals surface area contributed by atoms with Gasteiger partial charge >= 0.3 is 5.97 Å². The monoisotopic (exact) mass is 387 g/mol. The zero-order chi connectivity index (χ0) is 20.1. The summed E-state index contributed by atoms with van der Waals surface area (Å²) in [4.78, 5) is 38.2. The van der Waals surface area contributed by atoms with Crippen molar-refractivity contribution in [2.24, 2.45) is 5.92 Å². The minimum Gasteiger partial charge on any atom is -0.493 e. The van der Waals surface area contributed by atoms with Crippen molar-refractivity contribution in [3.05, 3.63) is 29.3 Å². The first kappa shape index (κ1) is 20.4. The second kappa shape index (κ2) is 9.22. The highest BCUT2D eigenvalue weighted by atomic mass is 16.5. The molecule has 0 aromatic heterocycles. The van der Waals surface area contributed by atoms with Crippen LogP contribution in [0, 0.1) is 5.92 Å². The van der Waals surface area contributed by atoms with Gasteiger partial charge < -0.3 is 19.2 Å². The molecule has 0 aliphatic carbocycles.